The molecule has 0 radical (unpaired) electrons. The number of hydrogen-bond acceptors (Lipinski definition) is 2. The van der Waals surface area contributed by atoms with Gasteiger partial charge in [0.1, 0.15) is 0 Å². The summed E-state index contributed by atoms with van der Waals surface area (Å²) >= 11 is 0. The van der Waals surface area contributed by atoms with E-state index in [4.69, 9.17) is 0 Å². The third-order valence-corrected chi connectivity index (χ3v) is 4.29. The van der Waals surface area contributed by atoms with Gasteiger partial charge in [0.05, 0.1) is 5.92 Å². The maximum atomic E-state index is 11.5. The van der Waals surface area contributed by atoms with Crippen molar-refractivity contribution >= 4 is 5.97 Å². The van der Waals surface area contributed by atoms with Crippen LogP contribution in [0.3, 0.4) is 0 Å². The number of carboxylic acids is 1. The van der Waals surface area contributed by atoms with Crippen LogP contribution in [-0.4, -0.2) is 36.1 Å². The van der Waals surface area contributed by atoms with Gasteiger partial charge in [0.2, 0.25) is 0 Å². The van der Waals surface area contributed by atoms with Gasteiger partial charge in [0.15, 0.2) is 0 Å². The minimum atomic E-state index is -0.730. The lowest BCUT2D eigenvalue weighted by atomic mass is 9.88. The number of aliphatic carboxylic acids is 1. The first-order valence-electron chi connectivity index (χ1n) is 7.63. The Balaban J connectivity index is 1.92. The van der Waals surface area contributed by atoms with E-state index in [1.807, 2.05) is 37.4 Å². The number of carbonyl (C=O) groups is 1. The van der Waals surface area contributed by atoms with E-state index in [2.05, 4.69) is 4.90 Å². The Hall–Kier alpha value is -1.35. The predicted octanol–water partition coefficient (Wildman–Crippen LogP) is 3.37. The first-order valence-corrected chi connectivity index (χ1v) is 7.63. The van der Waals surface area contributed by atoms with Crippen molar-refractivity contribution in [1.29, 1.82) is 0 Å². The Morgan fingerprint density at radius 1 is 1.25 bits per heavy atom. The molecule has 0 aromatic heterocycles. The molecule has 3 nitrogen and oxygen atoms in total. The lowest BCUT2D eigenvalue weighted by Gasteiger charge is -2.28. The third-order valence-electron chi connectivity index (χ3n) is 4.29. The Bertz CT molecular complexity index is 412. The van der Waals surface area contributed by atoms with E-state index >= 15 is 0 Å². The average molecular weight is 275 g/mol. The van der Waals surface area contributed by atoms with Crippen molar-refractivity contribution in [1.82, 2.24) is 4.90 Å². The third kappa shape index (κ3) is 4.34. The van der Waals surface area contributed by atoms with Gasteiger partial charge in [-0.3, -0.25) is 4.79 Å². The van der Waals surface area contributed by atoms with E-state index < -0.39 is 11.9 Å². The lowest BCUT2D eigenvalue weighted by molar-refractivity contribution is -0.139. The van der Waals surface area contributed by atoms with Gasteiger partial charge in [0.25, 0.3) is 0 Å². The predicted molar refractivity (Wildman–Crippen MR) is 80.9 cm³/mol. The van der Waals surface area contributed by atoms with Gasteiger partial charge in [-0.15, -0.1) is 0 Å². The van der Waals surface area contributed by atoms with Gasteiger partial charge >= 0.3 is 5.97 Å². The average Bonchev–Trinajstić information content (AvgIpc) is 2.46. The first kappa shape index (κ1) is 15.0. The van der Waals surface area contributed by atoms with Gasteiger partial charge in [-0.25, -0.2) is 0 Å². The largest absolute Gasteiger partial charge is 0.481 e. The van der Waals surface area contributed by atoms with Crippen molar-refractivity contribution in [3.05, 3.63) is 35.9 Å². The fraction of sp³-hybridized carbons (Fsp3) is 0.588. The van der Waals surface area contributed by atoms with Gasteiger partial charge in [-0.1, -0.05) is 49.6 Å². The summed E-state index contributed by atoms with van der Waals surface area (Å²) in [5.74, 6) is -0.407. The Kier molecular flexibility index (Phi) is 5.60. The molecule has 0 saturated heterocycles. The molecule has 0 amide bonds. The van der Waals surface area contributed by atoms with Gasteiger partial charge in [-0.2, -0.15) is 0 Å². The van der Waals surface area contributed by atoms with Crippen molar-refractivity contribution in [3.8, 4) is 0 Å². The quantitative estimate of drug-likeness (QED) is 0.865. The van der Waals surface area contributed by atoms with E-state index in [0.29, 0.717) is 6.54 Å². The summed E-state index contributed by atoms with van der Waals surface area (Å²) in [4.78, 5) is 13.7. The van der Waals surface area contributed by atoms with Crippen molar-refractivity contribution in [2.24, 2.45) is 5.92 Å². The SMILES string of the molecule is CN(CC1CCCCC1)CC(C(=O)O)c1ccccc1. The highest BCUT2D eigenvalue weighted by atomic mass is 16.4. The maximum Gasteiger partial charge on any atom is 0.312 e. The number of likely N-dealkylation sites (N-methyl/N-ethyl adjacent to an activating group) is 1. The van der Waals surface area contributed by atoms with Crippen LogP contribution in [0.1, 0.15) is 43.6 Å². The van der Waals surface area contributed by atoms with Crippen molar-refractivity contribution in [2.45, 2.75) is 38.0 Å². The Labute approximate surface area is 121 Å². The molecule has 1 N–H and O–H groups in total. The van der Waals surface area contributed by atoms with Gasteiger partial charge < -0.3 is 10.0 Å². The fourth-order valence-electron chi connectivity index (χ4n) is 3.21. The molecule has 1 aliphatic carbocycles. The van der Waals surface area contributed by atoms with Gasteiger partial charge in [0, 0.05) is 13.1 Å². The topological polar surface area (TPSA) is 40.5 Å². The van der Waals surface area contributed by atoms with E-state index in [9.17, 15) is 9.90 Å². The molecular weight excluding hydrogens is 250 g/mol. The summed E-state index contributed by atoms with van der Waals surface area (Å²) in [7, 11) is 2.05. The molecule has 0 aliphatic heterocycles. The molecule has 1 saturated carbocycles. The number of hydrogen-bond donors (Lipinski definition) is 1. The summed E-state index contributed by atoms with van der Waals surface area (Å²) in [5.41, 5.74) is 0.899. The minimum absolute atomic E-state index is 0.426. The smallest absolute Gasteiger partial charge is 0.312 e. The van der Waals surface area contributed by atoms with E-state index in [1.165, 1.54) is 32.1 Å². The number of rotatable bonds is 6. The highest BCUT2D eigenvalue weighted by Crippen LogP contribution is 2.25. The molecular formula is C17H25NO2. The number of carboxylic acid groups (broad SMARTS) is 1. The normalized spacial score (nSPS) is 18.1. The van der Waals surface area contributed by atoms with Crippen molar-refractivity contribution < 1.29 is 9.90 Å². The highest BCUT2D eigenvalue weighted by molar-refractivity contribution is 5.76. The minimum Gasteiger partial charge on any atom is -0.481 e. The van der Waals surface area contributed by atoms with Crippen LogP contribution in [0.2, 0.25) is 0 Å². The lowest BCUT2D eigenvalue weighted by Crippen LogP contribution is -2.33. The van der Waals surface area contributed by atoms with Crippen LogP contribution >= 0.6 is 0 Å². The number of nitrogens with zero attached hydrogens (tertiary/aromatic N) is 1. The molecule has 0 spiro atoms. The fourth-order valence-corrected chi connectivity index (χ4v) is 3.21. The molecule has 3 heteroatoms. The van der Waals surface area contributed by atoms with E-state index in [-0.39, 0.29) is 0 Å². The van der Waals surface area contributed by atoms with E-state index in [0.717, 1.165) is 18.0 Å². The summed E-state index contributed by atoms with van der Waals surface area (Å²) in [5, 5.41) is 9.45. The van der Waals surface area contributed by atoms with Gasteiger partial charge in [-0.05, 0) is 31.4 Å². The second-order valence-electron chi connectivity index (χ2n) is 6.03. The molecule has 1 aliphatic rings. The molecule has 0 heterocycles. The monoisotopic (exact) mass is 275 g/mol. The summed E-state index contributed by atoms with van der Waals surface area (Å²) in [6.07, 6.45) is 6.63. The second-order valence-corrected chi connectivity index (χ2v) is 6.03. The van der Waals surface area contributed by atoms with Crippen molar-refractivity contribution in [2.75, 3.05) is 20.1 Å². The molecule has 1 unspecified atom stereocenters. The molecule has 2 rings (SSSR count). The van der Waals surface area contributed by atoms with Crippen molar-refractivity contribution in [3.63, 3.8) is 0 Å². The molecule has 110 valence electrons. The van der Waals surface area contributed by atoms with Crippen LogP contribution in [0.15, 0.2) is 30.3 Å². The molecule has 1 atom stereocenters. The van der Waals surface area contributed by atoms with Crippen LogP contribution in [0.5, 0.6) is 0 Å². The van der Waals surface area contributed by atoms with Crippen LogP contribution in [0.25, 0.3) is 0 Å². The summed E-state index contributed by atoms with van der Waals surface area (Å²) < 4.78 is 0. The maximum absolute atomic E-state index is 11.5. The standard InChI is InChI=1S/C17H25NO2/c1-18(12-14-8-4-2-5-9-14)13-16(17(19)20)15-10-6-3-7-11-15/h3,6-7,10-11,14,16H,2,4-5,8-9,12-13H2,1H3,(H,19,20). The highest BCUT2D eigenvalue weighted by Gasteiger charge is 2.23. The zero-order valence-corrected chi connectivity index (χ0v) is 12.3. The Morgan fingerprint density at radius 3 is 2.50 bits per heavy atom. The second kappa shape index (κ2) is 7.44. The molecule has 1 aromatic rings. The van der Waals surface area contributed by atoms with Crippen LogP contribution < -0.4 is 0 Å². The summed E-state index contributed by atoms with van der Waals surface area (Å²) in [6, 6.07) is 9.56. The zero-order chi connectivity index (χ0) is 14.4. The molecule has 1 aromatic carbocycles. The molecule has 1 fully saturated rings. The Morgan fingerprint density at radius 2 is 1.90 bits per heavy atom. The first-order chi connectivity index (χ1) is 9.66. The van der Waals surface area contributed by atoms with Crippen LogP contribution in [0.4, 0.5) is 0 Å². The van der Waals surface area contributed by atoms with Crippen LogP contribution in [0, 0.1) is 5.92 Å². The zero-order valence-electron chi connectivity index (χ0n) is 12.3. The van der Waals surface area contributed by atoms with E-state index in [1.54, 1.807) is 0 Å². The number of benzene rings is 1. The molecule has 20 heavy (non-hydrogen) atoms. The summed E-state index contributed by atoms with van der Waals surface area (Å²) in [6.45, 7) is 1.62. The molecule has 0 bridgehead atoms. The van der Waals surface area contributed by atoms with Crippen LogP contribution in [-0.2, 0) is 4.79 Å².